The number of carbonyl (C=O) groups excluding carboxylic acids is 1. The molecule has 6 nitrogen and oxygen atoms in total. The summed E-state index contributed by atoms with van der Waals surface area (Å²) in [6.45, 7) is 0. The van der Waals surface area contributed by atoms with E-state index < -0.39 is 16.0 Å². The molecule has 3 rings (SSSR count). The molecule has 0 atom stereocenters. The van der Waals surface area contributed by atoms with Crippen molar-refractivity contribution in [1.82, 2.24) is 0 Å². The minimum absolute atomic E-state index is 0.201. The van der Waals surface area contributed by atoms with Gasteiger partial charge in [0.05, 0.1) is 23.3 Å². The number of ether oxygens (including phenoxy) is 2. The van der Waals surface area contributed by atoms with Gasteiger partial charge < -0.3 is 9.47 Å². The van der Waals surface area contributed by atoms with Gasteiger partial charge in [0, 0.05) is 7.05 Å². The maximum atomic E-state index is 12.7. The highest BCUT2D eigenvalue weighted by Gasteiger charge is 2.21. The first kappa shape index (κ1) is 19.4. The largest absolute Gasteiger partial charge is 0.497 e. The molecule has 0 spiro atoms. The maximum absolute atomic E-state index is 12.7. The lowest BCUT2D eigenvalue weighted by Crippen LogP contribution is -2.26. The minimum Gasteiger partial charge on any atom is -0.497 e. The Morgan fingerprint density at radius 1 is 0.821 bits per heavy atom. The normalized spacial score (nSPS) is 10.9. The van der Waals surface area contributed by atoms with Gasteiger partial charge in [-0.3, -0.25) is 4.31 Å². The third kappa shape index (κ3) is 4.15. The molecule has 0 N–H and O–H groups in total. The molecule has 3 aromatic rings. The third-order valence-corrected chi connectivity index (χ3v) is 5.94. The molecular weight excluding hydrogens is 378 g/mol. The van der Waals surface area contributed by atoms with Crippen LogP contribution in [0.25, 0.3) is 0 Å². The summed E-state index contributed by atoms with van der Waals surface area (Å²) in [7, 11) is -0.645. The van der Waals surface area contributed by atoms with Crippen LogP contribution >= 0.6 is 0 Å². The maximum Gasteiger partial charge on any atom is 0.343 e. The number of nitrogens with zero attached hydrogens (tertiary/aromatic N) is 1. The van der Waals surface area contributed by atoms with E-state index in [1.165, 1.54) is 23.5 Å². The quantitative estimate of drug-likeness (QED) is 0.468. The zero-order chi connectivity index (χ0) is 20.1. The van der Waals surface area contributed by atoms with Crippen molar-refractivity contribution < 1.29 is 22.7 Å². The Morgan fingerprint density at radius 3 is 1.96 bits per heavy atom. The third-order valence-electron chi connectivity index (χ3n) is 4.14. The van der Waals surface area contributed by atoms with E-state index in [1.807, 2.05) is 0 Å². The molecule has 0 saturated heterocycles. The van der Waals surface area contributed by atoms with Gasteiger partial charge in [0.25, 0.3) is 10.0 Å². The molecule has 0 bridgehead atoms. The Morgan fingerprint density at radius 2 is 1.39 bits per heavy atom. The van der Waals surface area contributed by atoms with Crippen LogP contribution in [0.15, 0.2) is 83.8 Å². The highest BCUT2D eigenvalue weighted by molar-refractivity contribution is 7.92. The van der Waals surface area contributed by atoms with Crippen molar-refractivity contribution in [1.29, 1.82) is 0 Å². The van der Waals surface area contributed by atoms with Crippen LogP contribution in [0.1, 0.15) is 10.4 Å². The molecule has 28 heavy (non-hydrogen) atoms. The number of hydrogen-bond acceptors (Lipinski definition) is 5. The van der Waals surface area contributed by atoms with E-state index in [2.05, 4.69) is 0 Å². The Hall–Kier alpha value is -3.32. The van der Waals surface area contributed by atoms with Crippen LogP contribution in [-0.2, 0) is 10.0 Å². The zero-order valence-electron chi connectivity index (χ0n) is 15.4. The van der Waals surface area contributed by atoms with Gasteiger partial charge in [0.1, 0.15) is 11.5 Å². The molecule has 0 amide bonds. The van der Waals surface area contributed by atoms with Gasteiger partial charge in [0.15, 0.2) is 0 Å². The lowest BCUT2D eigenvalue weighted by atomic mass is 10.2. The van der Waals surface area contributed by atoms with Crippen LogP contribution in [0, 0.1) is 0 Å². The lowest BCUT2D eigenvalue weighted by molar-refractivity contribution is 0.0734. The van der Waals surface area contributed by atoms with Crippen LogP contribution in [0.4, 0.5) is 5.69 Å². The van der Waals surface area contributed by atoms with Gasteiger partial charge >= 0.3 is 5.97 Å². The molecular formula is C21H19NO5S. The minimum atomic E-state index is -3.66. The molecule has 0 saturated carbocycles. The van der Waals surface area contributed by atoms with Gasteiger partial charge in [-0.1, -0.05) is 18.2 Å². The van der Waals surface area contributed by atoms with E-state index in [0.29, 0.717) is 22.7 Å². The van der Waals surface area contributed by atoms with Crippen LogP contribution in [0.5, 0.6) is 11.5 Å². The van der Waals surface area contributed by atoms with E-state index in [1.54, 1.807) is 73.8 Å². The fourth-order valence-corrected chi connectivity index (χ4v) is 3.72. The van der Waals surface area contributed by atoms with Gasteiger partial charge in [0.2, 0.25) is 0 Å². The summed E-state index contributed by atoms with van der Waals surface area (Å²) in [6, 6.07) is 21.0. The van der Waals surface area contributed by atoms with Gasteiger partial charge in [-0.25, -0.2) is 13.2 Å². The summed E-state index contributed by atoms with van der Waals surface area (Å²) in [5, 5.41) is 0. The summed E-state index contributed by atoms with van der Waals surface area (Å²) < 4.78 is 36.9. The average Bonchev–Trinajstić information content (AvgIpc) is 2.74. The van der Waals surface area contributed by atoms with Crippen molar-refractivity contribution >= 4 is 21.7 Å². The predicted octanol–water partition coefficient (Wildman–Crippen LogP) is 3.74. The van der Waals surface area contributed by atoms with Crippen LogP contribution in [-0.4, -0.2) is 28.5 Å². The van der Waals surface area contributed by atoms with Gasteiger partial charge in [-0.15, -0.1) is 0 Å². The van der Waals surface area contributed by atoms with Crippen LogP contribution in [0.2, 0.25) is 0 Å². The molecule has 0 unspecified atom stereocenters. The first-order chi connectivity index (χ1) is 13.4. The molecule has 0 aromatic heterocycles. The van der Waals surface area contributed by atoms with Gasteiger partial charge in [-0.05, 0) is 60.7 Å². The number of hydrogen-bond donors (Lipinski definition) is 0. The predicted molar refractivity (Wildman–Crippen MR) is 106 cm³/mol. The molecule has 3 aromatic carbocycles. The van der Waals surface area contributed by atoms with Gasteiger partial charge in [-0.2, -0.15) is 0 Å². The molecule has 0 aliphatic rings. The second-order valence-electron chi connectivity index (χ2n) is 5.90. The Balaban J connectivity index is 1.73. The number of carbonyl (C=O) groups is 1. The van der Waals surface area contributed by atoms with Crippen LogP contribution < -0.4 is 13.8 Å². The number of rotatable bonds is 6. The topological polar surface area (TPSA) is 72.9 Å². The zero-order valence-corrected chi connectivity index (χ0v) is 16.2. The molecule has 0 heterocycles. The monoisotopic (exact) mass is 397 g/mol. The molecule has 0 aliphatic heterocycles. The highest BCUT2D eigenvalue weighted by Crippen LogP contribution is 2.24. The van der Waals surface area contributed by atoms with Crippen LogP contribution in [0.3, 0.4) is 0 Å². The second-order valence-corrected chi connectivity index (χ2v) is 7.87. The van der Waals surface area contributed by atoms with E-state index in [0.717, 1.165) is 0 Å². The number of sulfonamides is 1. The highest BCUT2D eigenvalue weighted by atomic mass is 32.2. The fourth-order valence-electron chi connectivity index (χ4n) is 2.51. The van der Waals surface area contributed by atoms with E-state index in [4.69, 9.17) is 9.47 Å². The van der Waals surface area contributed by atoms with Crippen molar-refractivity contribution in [3.63, 3.8) is 0 Å². The molecule has 0 radical (unpaired) electrons. The number of esters is 1. The van der Waals surface area contributed by atoms with E-state index in [-0.39, 0.29) is 4.90 Å². The van der Waals surface area contributed by atoms with Crippen molar-refractivity contribution in [2.75, 3.05) is 18.5 Å². The SMILES string of the molecule is COc1ccc(C(=O)Oc2ccc(N(C)S(=O)(=O)c3ccccc3)cc2)cc1. The first-order valence-electron chi connectivity index (χ1n) is 8.42. The van der Waals surface area contributed by atoms with Crippen molar-refractivity contribution in [2.45, 2.75) is 4.90 Å². The smallest absolute Gasteiger partial charge is 0.343 e. The van der Waals surface area contributed by atoms with Crippen molar-refractivity contribution in [2.24, 2.45) is 0 Å². The summed E-state index contributed by atoms with van der Waals surface area (Å²) in [5.74, 6) is 0.444. The summed E-state index contributed by atoms with van der Waals surface area (Å²) in [5.41, 5.74) is 0.835. The summed E-state index contributed by atoms with van der Waals surface area (Å²) in [4.78, 5) is 12.4. The number of methoxy groups -OCH3 is 1. The standard InChI is InChI=1S/C21H19NO5S/c1-22(28(24,25)20-6-4-3-5-7-20)17-10-14-19(15-11-17)27-21(23)16-8-12-18(26-2)13-9-16/h3-15H,1-2H3. The second kappa shape index (κ2) is 8.14. The molecule has 7 heteroatoms. The lowest BCUT2D eigenvalue weighted by Gasteiger charge is -2.19. The molecule has 0 fully saturated rings. The first-order valence-corrected chi connectivity index (χ1v) is 9.86. The molecule has 0 aliphatic carbocycles. The Labute approximate surface area is 164 Å². The average molecular weight is 397 g/mol. The van der Waals surface area contributed by atoms with E-state index in [9.17, 15) is 13.2 Å². The van der Waals surface area contributed by atoms with E-state index >= 15 is 0 Å². The number of anilines is 1. The number of benzene rings is 3. The van der Waals surface area contributed by atoms with Crippen molar-refractivity contribution in [3.05, 3.63) is 84.4 Å². The summed E-state index contributed by atoms with van der Waals surface area (Å²) in [6.07, 6.45) is 0. The van der Waals surface area contributed by atoms with Crippen molar-refractivity contribution in [3.8, 4) is 11.5 Å². The Kier molecular flexibility index (Phi) is 5.65. The Bertz CT molecular complexity index is 1050. The molecule has 144 valence electrons. The summed E-state index contributed by atoms with van der Waals surface area (Å²) >= 11 is 0. The fraction of sp³-hybridized carbons (Fsp3) is 0.0952.